The summed E-state index contributed by atoms with van der Waals surface area (Å²) < 4.78 is 13.3. The van der Waals surface area contributed by atoms with E-state index in [4.69, 9.17) is 5.73 Å². The third kappa shape index (κ3) is 2.86. The van der Waals surface area contributed by atoms with E-state index in [1.165, 1.54) is 6.07 Å². The van der Waals surface area contributed by atoms with Crippen LogP contribution in [0.1, 0.15) is 13.3 Å². The number of hydrogen-bond acceptors (Lipinski definition) is 3. The number of carbonyl (C=O) groups excluding carboxylic acids is 1. The van der Waals surface area contributed by atoms with Crippen LogP contribution in [0.5, 0.6) is 0 Å². The lowest BCUT2D eigenvalue weighted by Gasteiger charge is -2.47. The highest BCUT2D eigenvalue weighted by Crippen LogP contribution is 2.21. The Kier molecular flexibility index (Phi) is 3.63. The van der Waals surface area contributed by atoms with Crippen LogP contribution >= 0.6 is 0 Å². The standard InChI is InChI=1S/C13H18FN3O/c1-2-13(15)8-17(9-13)7-12(18)16-11-6-4-3-5-10(11)14/h3-6H,2,7-9,15H2,1H3,(H,16,18). The van der Waals surface area contributed by atoms with E-state index in [2.05, 4.69) is 5.32 Å². The van der Waals surface area contributed by atoms with Crippen molar-refractivity contribution < 1.29 is 9.18 Å². The maximum absolute atomic E-state index is 13.3. The van der Waals surface area contributed by atoms with Gasteiger partial charge < -0.3 is 11.1 Å². The van der Waals surface area contributed by atoms with Gasteiger partial charge in [0.05, 0.1) is 12.2 Å². The number of nitrogens with one attached hydrogen (secondary N) is 1. The molecule has 0 aromatic heterocycles. The zero-order valence-corrected chi connectivity index (χ0v) is 10.4. The van der Waals surface area contributed by atoms with Gasteiger partial charge in [0.15, 0.2) is 0 Å². The maximum atomic E-state index is 13.3. The smallest absolute Gasteiger partial charge is 0.238 e. The summed E-state index contributed by atoms with van der Waals surface area (Å²) in [5.41, 5.74) is 6.08. The lowest BCUT2D eigenvalue weighted by Crippen LogP contribution is -2.67. The SMILES string of the molecule is CCC1(N)CN(CC(=O)Nc2ccccc2F)C1. The number of anilines is 1. The van der Waals surface area contributed by atoms with Gasteiger partial charge in [0, 0.05) is 18.6 Å². The normalized spacial score (nSPS) is 18.2. The molecule has 0 bridgehead atoms. The van der Waals surface area contributed by atoms with Gasteiger partial charge in [-0.15, -0.1) is 0 Å². The van der Waals surface area contributed by atoms with E-state index in [-0.39, 0.29) is 23.7 Å². The minimum absolute atomic E-state index is 0.154. The lowest BCUT2D eigenvalue weighted by molar-refractivity contribution is -0.119. The Hall–Kier alpha value is -1.46. The van der Waals surface area contributed by atoms with Gasteiger partial charge in [0.25, 0.3) is 0 Å². The number of likely N-dealkylation sites (tertiary alicyclic amines) is 1. The highest BCUT2D eigenvalue weighted by atomic mass is 19.1. The molecular formula is C13H18FN3O. The largest absolute Gasteiger partial charge is 0.323 e. The van der Waals surface area contributed by atoms with Crippen molar-refractivity contribution in [1.29, 1.82) is 0 Å². The Balaban J connectivity index is 1.82. The van der Waals surface area contributed by atoms with Crippen LogP contribution in [0.2, 0.25) is 0 Å². The second kappa shape index (κ2) is 5.04. The van der Waals surface area contributed by atoms with Crippen LogP contribution in [0.3, 0.4) is 0 Å². The minimum Gasteiger partial charge on any atom is -0.323 e. The van der Waals surface area contributed by atoms with Gasteiger partial charge in [-0.05, 0) is 18.6 Å². The summed E-state index contributed by atoms with van der Waals surface area (Å²) in [6.07, 6.45) is 0.901. The summed E-state index contributed by atoms with van der Waals surface area (Å²) in [6.45, 7) is 3.73. The van der Waals surface area contributed by atoms with Gasteiger partial charge in [-0.3, -0.25) is 9.69 Å². The first-order valence-electron chi connectivity index (χ1n) is 6.08. The van der Waals surface area contributed by atoms with Gasteiger partial charge in [0.2, 0.25) is 5.91 Å². The molecule has 1 amide bonds. The predicted octanol–water partition coefficient (Wildman–Crippen LogP) is 1.19. The number of carbonyl (C=O) groups is 1. The average Bonchev–Trinajstić information content (AvgIpc) is 2.30. The van der Waals surface area contributed by atoms with Gasteiger partial charge in [-0.25, -0.2) is 4.39 Å². The Morgan fingerprint density at radius 1 is 1.50 bits per heavy atom. The Bertz CT molecular complexity index is 444. The molecule has 0 radical (unpaired) electrons. The van der Waals surface area contributed by atoms with Crippen LogP contribution in [-0.4, -0.2) is 36.0 Å². The van der Waals surface area contributed by atoms with Crippen LogP contribution in [-0.2, 0) is 4.79 Å². The van der Waals surface area contributed by atoms with Crippen LogP contribution in [0.25, 0.3) is 0 Å². The van der Waals surface area contributed by atoms with Crippen LogP contribution in [0.4, 0.5) is 10.1 Å². The van der Waals surface area contributed by atoms with E-state index < -0.39 is 5.82 Å². The topological polar surface area (TPSA) is 58.4 Å². The van der Waals surface area contributed by atoms with Crippen molar-refractivity contribution in [2.75, 3.05) is 25.0 Å². The van der Waals surface area contributed by atoms with Crippen LogP contribution in [0.15, 0.2) is 24.3 Å². The quantitative estimate of drug-likeness (QED) is 0.845. The molecule has 18 heavy (non-hydrogen) atoms. The van der Waals surface area contributed by atoms with Gasteiger partial charge >= 0.3 is 0 Å². The van der Waals surface area contributed by atoms with E-state index in [0.29, 0.717) is 13.1 Å². The van der Waals surface area contributed by atoms with Crippen molar-refractivity contribution in [2.24, 2.45) is 5.73 Å². The highest BCUT2D eigenvalue weighted by molar-refractivity contribution is 5.92. The molecule has 0 saturated carbocycles. The molecule has 1 heterocycles. The molecule has 2 rings (SSSR count). The van der Waals surface area contributed by atoms with Crippen molar-refractivity contribution in [2.45, 2.75) is 18.9 Å². The number of rotatable bonds is 4. The van der Waals surface area contributed by atoms with Gasteiger partial charge in [0.1, 0.15) is 5.82 Å². The molecule has 0 atom stereocenters. The molecule has 3 N–H and O–H groups in total. The molecule has 98 valence electrons. The molecule has 4 nitrogen and oxygen atoms in total. The summed E-state index contributed by atoms with van der Waals surface area (Å²) >= 11 is 0. The highest BCUT2D eigenvalue weighted by Gasteiger charge is 2.38. The molecule has 1 aliphatic rings. The fraction of sp³-hybridized carbons (Fsp3) is 0.462. The Morgan fingerprint density at radius 3 is 2.78 bits per heavy atom. The predicted molar refractivity (Wildman–Crippen MR) is 68.7 cm³/mol. The third-order valence-electron chi connectivity index (χ3n) is 3.30. The zero-order chi connectivity index (χ0) is 13.2. The van der Waals surface area contributed by atoms with Gasteiger partial charge in [-0.2, -0.15) is 0 Å². The fourth-order valence-corrected chi connectivity index (χ4v) is 2.14. The number of benzene rings is 1. The summed E-state index contributed by atoms with van der Waals surface area (Å²) in [7, 11) is 0. The van der Waals surface area contributed by atoms with E-state index in [9.17, 15) is 9.18 Å². The Labute approximate surface area is 106 Å². The first-order chi connectivity index (χ1) is 8.52. The number of halogens is 1. The van der Waals surface area contributed by atoms with E-state index >= 15 is 0 Å². The molecule has 1 fully saturated rings. The molecular weight excluding hydrogens is 233 g/mol. The van der Waals surface area contributed by atoms with Gasteiger partial charge in [-0.1, -0.05) is 19.1 Å². The molecule has 1 aliphatic heterocycles. The molecule has 5 heteroatoms. The molecule has 0 spiro atoms. The second-order valence-electron chi connectivity index (χ2n) is 4.89. The van der Waals surface area contributed by atoms with Crippen LogP contribution in [0, 0.1) is 5.82 Å². The monoisotopic (exact) mass is 251 g/mol. The number of para-hydroxylation sites is 1. The van der Waals surface area contributed by atoms with Crippen molar-refractivity contribution in [3.8, 4) is 0 Å². The number of nitrogens with two attached hydrogens (primary N) is 1. The zero-order valence-electron chi connectivity index (χ0n) is 10.4. The minimum atomic E-state index is -0.420. The maximum Gasteiger partial charge on any atom is 0.238 e. The van der Waals surface area contributed by atoms with E-state index in [1.807, 2.05) is 11.8 Å². The van der Waals surface area contributed by atoms with Crippen molar-refractivity contribution in [3.63, 3.8) is 0 Å². The second-order valence-corrected chi connectivity index (χ2v) is 4.89. The summed E-state index contributed by atoms with van der Waals surface area (Å²) in [5.74, 6) is -0.630. The fourth-order valence-electron chi connectivity index (χ4n) is 2.14. The average molecular weight is 251 g/mol. The molecule has 0 aliphatic carbocycles. The first kappa shape index (κ1) is 13.0. The summed E-state index contributed by atoms with van der Waals surface area (Å²) in [6, 6.07) is 6.14. The lowest BCUT2D eigenvalue weighted by atomic mass is 9.88. The van der Waals surface area contributed by atoms with E-state index in [0.717, 1.165) is 6.42 Å². The number of hydrogen-bond donors (Lipinski definition) is 2. The first-order valence-corrected chi connectivity index (χ1v) is 6.08. The van der Waals surface area contributed by atoms with E-state index in [1.54, 1.807) is 18.2 Å². The number of amides is 1. The molecule has 0 unspecified atom stereocenters. The van der Waals surface area contributed by atoms with Crippen molar-refractivity contribution in [1.82, 2.24) is 4.90 Å². The van der Waals surface area contributed by atoms with Crippen LogP contribution < -0.4 is 11.1 Å². The Morgan fingerprint density at radius 2 is 2.17 bits per heavy atom. The third-order valence-corrected chi connectivity index (χ3v) is 3.30. The molecule has 1 aromatic carbocycles. The summed E-state index contributed by atoms with van der Waals surface area (Å²) in [5, 5.41) is 2.56. The number of nitrogens with zero attached hydrogens (tertiary/aromatic N) is 1. The van der Waals surface area contributed by atoms with Crippen molar-refractivity contribution >= 4 is 11.6 Å². The molecule has 1 aromatic rings. The molecule has 1 saturated heterocycles. The summed E-state index contributed by atoms with van der Waals surface area (Å²) in [4.78, 5) is 13.7. The van der Waals surface area contributed by atoms with Crippen molar-refractivity contribution in [3.05, 3.63) is 30.1 Å².